The third-order valence-corrected chi connectivity index (χ3v) is 3.51. The molecule has 0 saturated carbocycles. The van der Waals surface area contributed by atoms with Gasteiger partial charge in [0.15, 0.2) is 0 Å². The van der Waals surface area contributed by atoms with Gasteiger partial charge in [-0.15, -0.1) is 11.3 Å². The highest BCUT2D eigenvalue weighted by Crippen LogP contribution is 2.12. The summed E-state index contributed by atoms with van der Waals surface area (Å²) in [4.78, 5) is 14.8. The van der Waals surface area contributed by atoms with E-state index in [1.165, 1.54) is 4.88 Å². The number of thiophene rings is 1. The van der Waals surface area contributed by atoms with E-state index in [4.69, 9.17) is 5.73 Å². The van der Waals surface area contributed by atoms with Crippen LogP contribution >= 0.6 is 11.3 Å². The fraction of sp³-hybridized carbons (Fsp3) is 0.583. The first-order valence-corrected chi connectivity index (χ1v) is 6.48. The van der Waals surface area contributed by atoms with Gasteiger partial charge < -0.3 is 10.6 Å². The molecule has 0 aromatic carbocycles. The number of rotatable bonds is 6. The topological polar surface area (TPSA) is 46.3 Å². The highest BCUT2D eigenvalue weighted by Gasteiger charge is 2.11. The summed E-state index contributed by atoms with van der Waals surface area (Å²) in [5.74, 6) is 0.632. The van der Waals surface area contributed by atoms with Crippen molar-refractivity contribution >= 4 is 17.2 Å². The van der Waals surface area contributed by atoms with Crippen LogP contribution in [0.1, 0.15) is 24.6 Å². The fourth-order valence-corrected chi connectivity index (χ4v) is 2.16. The Morgan fingerprint density at radius 3 is 2.94 bits per heavy atom. The Hall–Kier alpha value is -0.870. The molecular formula is C12H20N2OS. The van der Waals surface area contributed by atoms with Crippen LogP contribution in [0.4, 0.5) is 0 Å². The lowest BCUT2D eigenvalue weighted by Crippen LogP contribution is -2.26. The van der Waals surface area contributed by atoms with Crippen LogP contribution in [0.3, 0.4) is 0 Å². The number of amides is 1. The predicted molar refractivity (Wildman–Crippen MR) is 68.2 cm³/mol. The highest BCUT2D eigenvalue weighted by molar-refractivity contribution is 7.09. The molecule has 0 saturated heterocycles. The molecule has 1 rings (SSSR count). The van der Waals surface area contributed by atoms with Gasteiger partial charge in [-0.2, -0.15) is 0 Å². The van der Waals surface area contributed by atoms with E-state index < -0.39 is 0 Å². The van der Waals surface area contributed by atoms with Gasteiger partial charge in [-0.1, -0.05) is 13.0 Å². The summed E-state index contributed by atoms with van der Waals surface area (Å²) >= 11 is 1.68. The second-order valence-electron chi connectivity index (χ2n) is 4.21. The molecule has 3 nitrogen and oxygen atoms in total. The third-order valence-electron chi connectivity index (χ3n) is 2.65. The molecule has 2 N–H and O–H groups in total. The van der Waals surface area contributed by atoms with Gasteiger partial charge in [0.05, 0.1) is 6.54 Å². The van der Waals surface area contributed by atoms with Crippen LogP contribution < -0.4 is 5.73 Å². The smallest absolute Gasteiger partial charge is 0.222 e. The summed E-state index contributed by atoms with van der Waals surface area (Å²) in [5, 5.41) is 2.03. The van der Waals surface area contributed by atoms with E-state index in [2.05, 4.69) is 13.0 Å². The molecule has 0 aliphatic heterocycles. The Kier molecular flexibility index (Phi) is 5.49. The third kappa shape index (κ3) is 4.33. The van der Waals surface area contributed by atoms with Gasteiger partial charge in [0.1, 0.15) is 0 Å². The van der Waals surface area contributed by atoms with E-state index in [0.717, 1.165) is 6.42 Å². The van der Waals surface area contributed by atoms with Crippen molar-refractivity contribution in [3.05, 3.63) is 22.4 Å². The number of carbonyl (C=O) groups excluding carboxylic acids is 1. The lowest BCUT2D eigenvalue weighted by Gasteiger charge is -2.17. The minimum absolute atomic E-state index is 0.203. The van der Waals surface area contributed by atoms with Crippen molar-refractivity contribution in [3.63, 3.8) is 0 Å². The molecular weight excluding hydrogens is 220 g/mol. The molecule has 1 unspecified atom stereocenters. The minimum atomic E-state index is 0.203. The number of nitrogens with two attached hydrogens (primary N) is 1. The maximum atomic E-state index is 11.8. The van der Waals surface area contributed by atoms with Crippen molar-refractivity contribution in [1.82, 2.24) is 4.90 Å². The van der Waals surface area contributed by atoms with Gasteiger partial charge >= 0.3 is 0 Å². The van der Waals surface area contributed by atoms with Crippen LogP contribution in [-0.4, -0.2) is 24.4 Å². The zero-order valence-corrected chi connectivity index (χ0v) is 10.8. The molecule has 0 bridgehead atoms. The summed E-state index contributed by atoms with van der Waals surface area (Å²) < 4.78 is 0. The standard InChI is InChI=1S/C12H20N2OS/c1-10(8-13)5-6-12(15)14(2)9-11-4-3-7-16-11/h3-4,7,10H,5-6,8-9,13H2,1-2H3. The van der Waals surface area contributed by atoms with Crippen LogP contribution in [0.5, 0.6) is 0 Å². The van der Waals surface area contributed by atoms with E-state index in [9.17, 15) is 4.79 Å². The average Bonchev–Trinajstić information content (AvgIpc) is 2.77. The molecule has 0 spiro atoms. The van der Waals surface area contributed by atoms with Crippen LogP contribution in [0, 0.1) is 5.92 Å². The number of hydrogen-bond acceptors (Lipinski definition) is 3. The molecule has 1 aromatic rings. The molecule has 4 heteroatoms. The van der Waals surface area contributed by atoms with Crippen molar-refractivity contribution < 1.29 is 4.79 Å². The number of hydrogen-bond donors (Lipinski definition) is 1. The second kappa shape index (κ2) is 6.66. The SMILES string of the molecule is CC(CN)CCC(=O)N(C)Cc1cccs1. The van der Waals surface area contributed by atoms with Crippen LogP contribution in [0.25, 0.3) is 0 Å². The fourth-order valence-electron chi connectivity index (χ4n) is 1.40. The molecule has 0 fully saturated rings. The first-order chi connectivity index (χ1) is 7.63. The molecule has 1 amide bonds. The lowest BCUT2D eigenvalue weighted by molar-refractivity contribution is -0.130. The Bertz CT molecular complexity index is 311. The summed E-state index contributed by atoms with van der Waals surface area (Å²) in [6.45, 7) is 3.45. The highest BCUT2D eigenvalue weighted by atomic mass is 32.1. The Morgan fingerprint density at radius 2 is 2.38 bits per heavy atom. The Labute approximate surface area is 101 Å². The van der Waals surface area contributed by atoms with E-state index >= 15 is 0 Å². The monoisotopic (exact) mass is 240 g/mol. The minimum Gasteiger partial charge on any atom is -0.341 e. The maximum Gasteiger partial charge on any atom is 0.222 e. The molecule has 0 aliphatic rings. The molecule has 1 aromatic heterocycles. The van der Waals surface area contributed by atoms with Gasteiger partial charge in [-0.3, -0.25) is 4.79 Å². The predicted octanol–water partition coefficient (Wildman–Crippen LogP) is 2.08. The Balaban J connectivity index is 2.31. The zero-order chi connectivity index (χ0) is 12.0. The molecule has 0 radical (unpaired) electrons. The van der Waals surface area contributed by atoms with Crippen molar-refractivity contribution in [1.29, 1.82) is 0 Å². The number of carbonyl (C=O) groups is 1. The lowest BCUT2D eigenvalue weighted by atomic mass is 10.1. The van der Waals surface area contributed by atoms with Crippen molar-refractivity contribution in [3.8, 4) is 0 Å². The average molecular weight is 240 g/mol. The van der Waals surface area contributed by atoms with Gasteiger partial charge in [0, 0.05) is 18.3 Å². The summed E-state index contributed by atoms with van der Waals surface area (Å²) in [6.07, 6.45) is 1.48. The van der Waals surface area contributed by atoms with E-state index in [1.54, 1.807) is 16.2 Å². The second-order valence-corrected chi connectivity index (χ2v) is 5.24. The van der Waals surface area contributed by atoms with Gasteiger partial charge in [-0.25, -0.2) is 0 Å². The van der Waals surface area contributed by atoms with Crippen LogP contribution in [0.15, 0.2) is 17.5 Å². The molecule has 1 heterocycles. The van der Waals surface area contributed by atoms with Crippen LogP contribution in [-0.2, 0) is 11.3 Å². The molecule has 0 aliphatic carbocycles. The first kappa shape index (κ1) is 13.2. The molecule has 16 heavy (non-hydrogen) atoms. The van der Waals surface area contributed by atoms with Crippen LogP contribution in [0.2, 0.25) is 0 Å². The summed E-state index contributed by atoms with van der Waals surface area (Å²) in [6, 6.07) is 4.06. The Morgan fingerprint density at radius 1 is 1.62 bits per heavy atom. The zero-order valence-electron chi connectivity index (χ0n) is 9.98. The van der Waals surface area contributed by atoms with Crippen molar-refractivity contribution in [2.75, 3.05) is 13.6 Å². The van der Waals surface area contributed by atoms with E-state index in [-0.39, 0.29) is 5.91 Å². The van der Waals surface area contributed by atoms with E-state index in [0.29, 0.717) is 25.4 Å². The molecule has 90 valence electrons. The van der Waals surface area contributed by atoms with E-state index in [1.807, 2.05) is 18.5 Å². The maximum absolute atomic E-state index is 11.8. The van der Waals surface area contributed by atoms with Gasteiger partial charge in [0.2, 0.25) is 5.91 Å². The summed E-state index contributed by atoms with van der Waals surface area (Å²) in [7, 11) is 1.86. The van der Waals surface area contributed by atoms with Crippen molar-refractivity contribution in [2.24, 2.45) is 11.7 Å². The summed E-state index contributed by atoms with van der Waals surface area (Å²) in [5.41, 5.74) is 5.52. The van der Waals surface area contributed by atoms with Gasteiger partial charge in [0.25, 0.3) is 0 Å². The first-order valence-electron chi connectivity index (χ1n) is 5.60. The largest absolute Gasteiger partial charge is 0.341 e. The van der Waals surface area contributed by atoms with Crippen molar-refractivity contribution in [2.45, 2.75) is 26.3 Å². The quantitative estimate of drug-likeness (QED) is 0.827. The number of nitrogens with zero attached hydrogens (tertiary/aromatic N) is 1. The van der Waals surface area contributed by atoms with Gasteiger partial charge in [-0.05, 0) is 30.3 Å². The molecule has 1 atom stereocenters. The normalized spacial score (nSPS) is 12.4.